The molecule has 0 atom stereocenters. The number of rotatable bonds is 4. The standard InChI is InChI=1S/C15H17N3O2S2/c16-22-11-3-1-10(2-4-11)5-7-18-13-6-8-21-9-12(13)14(19)17-15(18)20/h1-4H,5-9,16H2,(H,17,19,20). The SMILES string of the molecule is NSc1ccc(CCn2c3c(c(=O)[nH]c2=O)CSCC3)cc1. The lowest BCUT2D eigenvalue weighted by atomic mass is 10.1. The fourth-order valence-corrected chi connectivity index (χ4v) is 3.92. The molecule has 0 saturated heterocycles. The van der Waals surface area contributed by atoms with Crippen LogP contribution in [0.5, 0.6) is 0 Å². The molecule has 0 saturated carbocycles. The second-order valence-corrected chi connectivity index (χ2v) is 6.96. The van der Waals surface area contributed by atoms with E-state index in [-0.39, 0.29) is 11.2 Å². The van der Waals surface area contributed by atoms with Crippen molar-refractivity contribution in [1.29, 1.82) is 0 Å². The molecular formula is C15H17N3O2S2. The number of benzene rings is 1. The molecule has 5 nitrogen and oxygen atoms in total. The van der Waals surface area contributed by atoms with Crippen molar-refractivity contribution >= 4 is 23.7 Å². The van der Waals surface area contributed by atoms with Crippen molar-refractivity contribution in [3.63, 3.8) is 0 Å². The zero-order valence-corrected chi connectivity index (χ0v) is 13.6. The van der Waals surface area contributed by atoms with Crippen LogP contribution in [-0.4, -0.2) is 15.3 Å². The van der Waals surface area contributed by atoms with Crippen molar-refractivity contribution in [2.75, 3.05) is 5.75 Å². The summed E-state index contributed by atoms with van der Waals surface area (Å²) in [6, 6.07) is 7.99. The summed E-state index contributed by atoms with van der Waals surface area (Å²) < 4.78 is 1.72. The van der Waals surface area contributed by atoms with Gasteiger partial charge in [0.05, 0.1) is 0 Å². The van der Waals surface area contributed by atoms with Crippen LogP contribution in [-0.2, 0) is 25.1 Å². The highest BCUT2D eigenvalue weighted by Crippen LogP contribution is 2.21. The van der Waals surface area contributed by atoms with Crippen LogP contribution in [0.3, 0.4) is 0 Å². The maximum atomic E-state index is 12.1. The van der Waals surface area contributed by atoms with E-state index in [1.54, 1.807) is 16.3 Å². The van der Waals surface area contributed by atoms with Gasteiger partial charge in [-0.2, -0.15) is 11.8 Å². The molecule has 3 rings (SSSR count). The van der Waals surface area contributed by atoms with Crippen LogP contribution in [0.25, 0.3) is 0 Å². The van der Waals surface area contributed by atoms with Crippen molar-refractivity contribution < 1.29 is 0 Å². The molecule has 0 bridgehead atoms. The molecule has 22 heavy (non-hydrogen) atoms. The molecule has 0 fully saturated rings. The largest absolute Gasteiger partial charge is 0.328 e. The van der Waals surface area contributed by atoms with Gasteiger partial charge < -0.3 is 0 Å². The van der Waals surface area contributed by atoms with Crippen LogP contribution in [0.4, 0.5) is 0 Å². The number of nitrogens with two attached hydrogens (primary N) is 1. The van der Waals surface area contributed by atoms with Gasteiger partial charge in [-0.3, -0.25) is 19.5 Å². The molecule has 2 heterocycles. The van der Waals surface area contributed by atoms with Crippen LogP contribution in [0.2, 0.25) is 0 Å². The number of nitrogens with one attached hydrogen (secondary N) is 1. The molecular weight excluding hydrogens is 318 g/mol. The van der Waals surface area contributed by atoms with E-state index < -0.39 is 0 Å². The molecule has 116 valence electrons. The number of aromatic nitrogens is 2. The van der Waals surface area contributed by atoms with Gasteiger partial charge in [0.2, 0.25) is 0 Å². The molecule has 7 heteroatoms. The van der Waals surface area contributed by atoms with E-state index >= 15 is 0 Å². The Balaban J connectivity index is 1.85. The van der Waals surface area contributed by atoms with E-state index in [4.69, 9.17) is 5.14 Å². The smallest absolute Gasteiger partial charge is 0.297 e. The van der Waals surface area contributed by atoms with Crippen molar-refractivity contribution in [2.24, 2.45) is 5.14 Å². The normalized spacial score (nSPS) is 13.9. The highest BCUT2D eigenvalue weighted by Gasteiger charge is 2.18. The Morgan fingerprint density at radius 3 is 2.77 bits per heavy atom. The van der Waals surface area contributed by atoms with Gasteiger partial charge in [0.25, 0.3) is 5.56 Å². The summed E-state index contributed by atoms with van der Waals surface area (Å²) in [4.78, 5) is 27.5. The molecule has 1 aromatic carbocycles. The summed E-state index contributed by atoms with van der Waals surface area (Å²) in [5.74, 6) is 1.64. The molecule has 3 N–H and O–H groups in total. The van der Waals surface area contributed by atoms with Gasteiger partial charge in [-0.25, -0.2) is 4.79 Å². The molecule has 1 aliphatic heterocycles. The maximum absolute atomic E-state index is 12.1. The average molecular weight is 335 g/mol. The van der Waals surface area contributed by atoms with Crippen LogP contribution >= 0.6 is 23.7 Å². The Bertz CT molecular complexity index is 781. The first-order valence-corrected chi connectivity index (χ1v) is 9.11. The van der Waals surface area contributed by atoms with Gasteiger partial charge in [0.15, 0.2) is 0 Å². The molecule has 1 aliphatic rings. The van der Waals surface area contributed by atoms with E-state index in [2.05, 4.69) is 4.98 Å². The lowest BCUT2D eigenvalue weighted by Crippen LogP contribution is -2.37. The average Bonchev–Trinajstić information content (AvgIpc) is 2.55. The summed E-state index contributed by atoms with van der Waals surface area (Å²) in [5.41, 5.74) is 2.28. The number of hydrogen-bond donors (Lipinski definition) is 2. The monoisotopic (exact) mass is 335 g/mol. The Hall–Kier alpha value is -1.44. The Kier molecular flexibility index (Phi) is 4.75. The number of aromatic amines is 1. The number of nitrogens with zero attached hydrogens (tertiary/aromatic N) is 1. The van der Waals surface area contributed by atoms with E-state index in [9.17, 15) is 9.59 Å². The highest BCUT2D eigenvalue weighted by atomic mass is 32.2. The third kappa shape index (κ3) is 3.16. The Morgan fingerprint density at radius 2 is 2.05 bits per heavy atom. The fraction of sp³-hybridized carbons (Fsp3) is 0.333. The third-order valence-electron chi connectivity index (χ3n) is 3.83. The van der Waals surface area contributed by atoms with Crippen LogP contribution in [0.1, 0.15) is 16.8 Å². The van der Waals surface area contributed by atoms with E-state index in [0.29, 0.717) is 12.3 Å². The lowest BCUT2D eigenvalue weighted by Gasteiger charge is -2.19. The first kappa shape index (κ1) is 15.5. The zero-order chi connectivity index (χ0) is 15.5. The number of H-pyrrole nitrogens is 1. The van der Waals surface area contributed by atoms with E-state index in [1.165, 1.54) is 11.9 Å². The first-order valence-electron chi connectivity index (χ1n) is 7.07. The summed E-state index contributed by atoms with van der Waals surface area (Å²) in [5, 5.41) is 5.51. The van der Waals surface area contributed by atoms with Gasteiger partial charge in [-0.15, -0.1) is 0 Å². The minimum atomic E-state index is -0.301. The summed E-state index contributed by atoms with van der Waals surface area (Å²) in [6.07, 6.45) is 1.53. The molecule has 2 aromatic rings. The predicted molar refractivity (Wildman–Crippen MR) is 91.4 cm³/mol. The van der Waals surface area contributed by atoms with Gasteiger partial charge in [-0.1, -0.05) is 12.1 Å². The van der Waals surface area contributed by atoms with Crippen molar-refractivity contribution in [3.8, 4) is 0 Å². The number of fused-ring (bicyclic) bond motifs is 1. The molecule has 0 radical (unpaired) electrons. The van der Waals surface area contributed by atoms with Gasteiger partial charge in [-0.05, 0) is 48.2 Å². The van der Waals surface area contributed by atoms with Crippen LogP contribution < -0.4 is 16.4 Å². The van der Waals surface area contributed by atoms with E-state index in [1.807, 2.05) is 24.3 Å². The minimum absolute atomic E-state index is 0.229. The fourth-order valence-electron chi connectivity index (χ4n) is 2.65. The van der Waals surface area contributed by atoms with E-state index in [0.717, 1.165) is 40.3 Å². The maximum Gasteiger partial charge on any atom is 0.328 e. The van der Waals surface area contributed by atoms with Crippen molar-refractivity contribution in [2.45, 2.75) is 30.0 Å². The lowest BCUT2D eigenvalue weighted by molar-refractivity contribution is 0.604. The predicted octanol–water partition coefficient (Wildman–Crippen LogP) is 1.53. The first-order chi connectivity index (χ1) is 10.7. The quantitative estimate of drug-likeness (QED) is 0.828. The second kappa shape index (κ2) is 6.76. The van der Waals surface area contributed by atoms with Crippen LogP contribution in [0, 0.1) is 0 Å². The zero-order valence-electron chi connectivity index (χ0n) is 12.0. The Labute approximate surface area is 136 Å². The van der Waals surface area contributed by atoms with Crippen molar-refractivity contribution in [3.05, 3.63) is 61.9 Å². The molecule has 0 spiro atoms. The summed E-state index contributed by atoms with van der Waals surface area (Å²) in [7, 11) is 0. The molecule has 0 unspecified atom stereocenters. The van der Waals surface area contributed by atoms with Gasteiger partial charge in [0.1, 0.15) is 0 Å². The number of hydrogen-bond acceptors (Lipinski definition) is 5. The third-order valence-corrected chi connectivity index (χ3v) is 5.36. The Morgan fingerprint density at radius 1 is 1.27 bits per heavy atom. The highest BCUT2D eigenvalue weighted by molar-refractivity contribution is 7.98. The summed E-state index contributed by atoms with van der Waals surface area (Å²) >= 11 is 2.95. The van der Waals surface area contributed by atoms with Gasteiger partial charge >= 0.3 is 5.69 Å². The number of thioether (sulfide) groups is 1. The van der Waals surface area contributed by atoms with Gasteiger partial charge in [0, 0.05) is 28.5 Å². The summed E-state index contributed by atoms with van der Waals surface area (Å²) in [6.45, 7) is 0.581. The van der Waals surface area contributed by atoms with Crippen molar-refractivity contribution in [1.82, 2.24) is 9.55 Å². The number of aryl methyl sites for hydroxylation is 1. The topological polar surface area (TPSA) is 80.9 Å². The second-order valence-electron chi connectivity index (χ2n) is 5.15. The molecule has 1 aromatic heterocycles. The van der Waals surface area contributed by atoms with Crippen LogP contribution in [0.15, 0.2) is 38.8 Å². The molecule has 0 amide bonds. The minimum Gasteiger partial charge on any atom is -0.297 e. The molecule has 0 aliphatic carbocycles.